The Morgan fingerprint density at radius 1 is 1.00 bits per heavy atom. The monoisotopic (exact) mass is 268 g/mol. The molecule has 0 unspecified atom stereocenters. The fourth-order valence-corrected chi connectivity index (χ4v) is 2.32. The Bertz CT molecular complexity index is 725. The second-order valence-corrected chi connectivity index (χ2v) is 4.59. The average Bonchev–Trinajstić information content (AvgIpc) is 2.67. The molecule has 0 bridgehead atoms. The smallest absolute Gasteiger partial charge is 0.263 e. The van der Waals surface area contributed by atoms with Gasteiger partial charge in [-0.3, -0.25) is 14.5 Å². The first kappa shape index (κ1) is 12.2. The Hall–Kier alpha value is -2.82. The first-order chi connectivity index (χ1) is 9.59. The third kappa shape index (κ3) is 1.72. The summed E-state index contributed by atoms with van der Waals surface area (Å²) in [5.74, 6) is -0.760. The third-order valence-electron chi connectivity index (χ3n) is 3.35. The fourth-order valence-electron chi connectivity index (χ4n) is 2.32. The Labute approximate surface area is 115 Å². The maximum Gasteiger partial charge on any atom is 0.263 e. The fraction of sp³-hybridized carbons (Fsp3) is 0.0667. The molecule has 20 heavy (non-hydrogen) atoms. The highest BCUT2D eigenvalue weighted by Crippen LogP contribution is 2.30. The molecule has 0 aromatic heterocycles. The van der Waals surface area contributed by atoms with E-state index in [1.54, 1.807) is 36.4 Å². The molecular formula is C15H12N2O3. The number of benzene rings is 2. The number of anilines is 1. The zero-order valence-electron chi connectivity index (χ0n) is 10.5. The van der Waals surface area contributed by atoms with Gasteiger partial charge in [0.2, 0.25) is 0 Å². The molecule has 100 valence electrons. The van der Waals surface area contributed by atoms with Gasteiger partial charge in [0.25, 0.3) is 11.8 Å². The molecule has 2 aromatic rings. The lowest BCUT2D eigenvalue weighted by Crippen LogP contribution is -2.29. The van der Waals surface area contributed by atoms with Crippen molar-refractivity contribution < 1.29 is 14.7 Å². The number of hydrogen-bond acceptors (Lipinski definition) is 4. The number of fused-ring (bicyclic) bond motifs is 1. The number of phenolic OH excluding ortho intramolecular Hbond substituents is 1. The number of phenols is 1. The molecule has 0 fully saturated rings. The molecule has 3 rings (SSSR count). The van der Waals surface area contributed by atoms with Crippen LogP contribution in [-0.4, -0.2) is 21.8 Å². The van der Waals surface area contributed by atoms with Crippen molar-refractivity contribution >= 4 is 17.5 Å². The van der Waals surface area contributed by atoms with Gasteiger partial charge < -0.3 is 10.8 Å². The van der Waals surface area contributed by atoms with Crippen LogP contribution in [0.2, 0.25) is 0 Å². The van der Waals surface area contributed by atoms with E-state index in [1.165, 1.54) is 6.07 Å². The topological polar surface area (TPSA) is 83.6 Å². The van der Waals surface area contributed by atoms with Gasteiger partial charge in [0.05, 0.1) is 17.7 Å². The molecular weight excluding hydrogens is 256 g/mol. The van der Waals surface area contributed by atoms with E-state index in [-0.39, 0.29) is 23.8 Å². The number of imide groups is 1. The van der Waals surface area contributed by atoms with Crippen LogP contribution >= 0.6 is 0 Å². The molecule has 3 N–H and O–H groups in total. The summed E-state index contributed by atoms with van der Waals surface area (Å²) in [7, 11) is 0. The second kappa shape index (κ2) is 4.38. The van der Waals surface area contributed by atoms with E-state index in [1.807, 2.05) is 0 Å². The van der Waals surface area contributed by atoms with Crippen molar-refractivity contribution in [2.45, 2.75) is 6.54 Å². The summed E-state index contributed by atoms with van der Waals surface area (Å²) in [6, 6.07) is 11.4. The predicted octanol–water partition coefficient (Wildman–Crippen LogP) is 1.77. The lowest BCUT2D eigenvalue weighted by Gasteiger charge is -2.14. The number of hydrogen-bond donors (Lipinski definition) is 2. The van der Waals surface area contributed by atoms with Gasteiger partial charge in [-0.1, -0.05) is 24.3 Å². The number of amides is 2. The Balaban J connectivity index is 1.99. The van der Waals surface area contributed by atoms with E-state index < -0.39 is 5.91 Å². The van der Waals surface area contributed by atoms with E-state index in [4.69, 9.17) is 5.73 Å². The van der Waals surface area contributed by atoms with Crippen LogP contribution in [0.1, 0.15) is 26.3 Å². The predicted molar refractivity (Wildman–Crippen MR) is 73.2 cm³/mol. The zero-order valence-corrected chi connectivity index (χ0v) is 10.5. The molecule has 0 saturated heterocycles. The highest BCUT2D eigenvalue weighted by Gasteiger charge is 2.37. The summed E-state index contributed by atoms with van der Waals surface area (Å²) in [5.41, 5.74) is 7.12. The molecule has 0 spiro atoms. The van der Waals surface area contributed by atoms with Crippen molar-refractivity contribution in [3.8, 4) is 5.75 Å². The number of para-hydroxylation sites is 1. The Morgan fingerprint density at radius 2 is 1.75 bits per heavy atom. The lowest BCUT2D eigenvalue weighted by atomic mass is 10.1. The average molecular weight is 268 g/mol. The third-order valence-corrected chi connectivity index (χ3v) is 3.35. The molecule has 0 radical (unpaired) electrons. The van der Waals surface area contributed by atoms with Gasteiger partial charge in [-0.25, -0.2) is 0 Å². The Kier molecular flexibility index (Phi) is 2.68. The first-order valence-electron chi connectivity index (χ1n) is 6.11. The minimum Gasteiger partial charge on any atom is -0.508 e. The molecule has 1 aliphatic rings. The largest absolute Gasteiger partial charge is 0.508 e. The van der Waals surface area contributed by atoms with Crippen molar-refractivity contribution in [2.75, 3.05) is 5.73 Å². The summed E-state index contributed by atoms with van der Waals surface area (Å²) in [5, 5.41) is 9.74. The van der Waals surface area contributed by atoms with Crippen LogP contribution in [-0.2, 0) is 6.54 Å². The summed E-state index contributed by atoms with van der Waals surface area (Å²) < 4.78 is 0. The number of nitrogens with zero attached hydrogens (tertiary/aromatic N) is 1. The normalized spacial score (nSPS) is 13.7. The van der Waals surface area contributed by atoms with E-state index in [9.17, 15) is 14.7 Å². The van der Waals surface area contributed by atoms with Crippen molar-refractivity contribution in [3.05, 3.63) is 59.2 Å². The molecule has 5 nitrogen and oxygen atoms in total. The number of carbonyl (C=O) groups is 2. The highest BCUT2D eigenvalue weighted by molar-refractivity contribution is 6.23. The summed E-state index contributed by atoms with van der Waals surface area (Å²) >= 11 is 0. The van der Waals surface area contributed by atoms with Crippen LogP contribution in [0.5, 0.6) is 5.75 Å². The summed E-state index contributed by atoms with van der Waals surface area (Å²) in [6.45, 7) is 0.0262. The number of aromatic hydroxyl groups is 1. The van der Waals surface area contributed by atoms with Crippen LogP contribution in [0.15, 0.2) is 42.5 Å². The van der Waals surface area contributed by atoms with Gasteiger partial charge in [0, 0.05) is 11.3 Å². The minimum atomic E-state index is -0.425. The molecule has 1 heterocycles. The van der Waals surface area contributed by atoms with Crippen LogP contribution < -0.4 is 5.73 Å². The maximum absolute atomic E-state index is 12.3. The van der Waals surface area contributed by atoms with Crippen LogP contribution in [0.3, 0.4) is 0 Å². The van der Waals surface area contributed by atoms with Gasteiger partial charge >= 0.3 is 0 Å². The Morgan fingerprint density at radius 3 is 2.45 bits per heavy atom. The van der Waals surface area contributed by atoms with Crippen molar-refractivity contribution in [2.24, 2.45) is 0 Å². The number of rotatable bonds is 2. The molecule has 0 aliphatic carbocycles. The van der Waals surface area contributed by atoms with Gasteiger partial charge in [-0.15, -0.1) is 0 Å². The standard InChI is InChI=1S/C15H12N2O3/c16-11-6-3-5-10-13(11)15(20)17(14(10)19)8-9-4-1-2-7-12(9)18/h1-7,18H,8,16H2. The molecule has 5 heteroatoms. The van der Waals surface area contributed by atoms with Gasteiger partial charge in [0.1, 0.15) is 5.75 Å². The molecule has 2 aromatic carbocycles. The summed E-state index contributed by atoms with van der Waals surface area (Å²) in [4.78, 5) is 25.6. The van der Waals surface area contributed by atoms with Gasteiger partial charge in [-0.05, 0) is 18.2 Å². The van der Waals surface area contributed by atoms with E-state index >= 15 is 0 Å². The maximum atomic E-state index is 12.3. The van der Waals surface area contributed by atoms with Crippen molar-refractivity contribution in [1.29, 1.82) is 0 Å². The van der Waals surface area contributed by atoms with Gasteiger partial charge in [0.15, 0.2) is 0 Å². The number of nitrogens with two attached hydrogens (primary N) is 1. The molecule has 0 saturated carbocycles. The first-order valence-corrected chi connectivity index (χ1v) is 6.11. The van der Waals surface area contributed by atoms with E-state index in [0.717, 1.165) is 4.90 Å². The molecule has 2 amide bonds. The van der Waals surface area contributed by atoms with Crippen molar-refractivity contribution in [1.82, 2.24) is 4.90 Å². The number of nitrogen functional groups attached to an aromatic ring is 1. The lowest BCUT2D eigenvalue weighted by molar-refractivity contribution is 0.0642. The summed E-state index contributed by atoms with van der Waals surface area (Å²) in [6.07, 6.45) is 0. The highest BCUT2D eigenvalue weighted by atomic mass is 16.3. The minimum absolute atomic E-state index is 0.0262. The quantitative estimate of drug-likeness (QED) is 0.642. The van der Waals surface area contributed by atoms with Crippen LogP contribution in [0.4, 0.5) is 5.69 Å². The van der Waals surface area contributed by atoms with Crippen LogP contribution in [0.25, 0.3) is 0 Å². The zero-order chi connectivity index (χ0) is 14.3. The van der Waals surface area contributed by atoms with Crippen LogP contribution in [0, 0.1) is 0 Å². The second-order valence-electron chi connectivity index (χ2n) is 4.59. The van der Waals surface area contributed by atoms with Gasteiger partial charge in [-0.2, -0.15) is 0 Å². The molecule has 1 aliphatic heterocycles. The van der Waals surface area contributed by atoms with E-state index in [0.29, 0.717) is 16.8 Å². The number of carbonyl (C=O) groups excluding carboxylic acids is 2. The molecule has 0 atom stereocenters. The van der Waals surface area contributed by atoms with Crippen molar-refractivity contribution in [3.63, 3.8) is 0 Å². The van der Waals surface area contributed by atoms with E-state index in [2.05, 4.69) is 0 Å². The SMILES string of the molecule is Nc1cccc2c1C(=O)N(Cc1ccccc1O)C2=O.